The Bertz CT molecular complexity index is 1680. The van der Waals surface area contributed by atoms with E-state index in [2.05, 4.69) is 34.1 Å². The molecule has 1 aromatic heterocycles. The van der Waals surface area contributed by atoms with E-state index in [0.717, 1.165) is 61.9 Å². The zero-order valence-electron chi connectivity index (χ0n) is 27.7. The quantitative estimate of drug-likeness (QED) is 0.0958. The Balaban J connectivity index is 0.00000468. The fraction of sp³-hybridized carbons (Fsp3) is 0.333. The van der Waals surface area contributed by atoms with Crippen LogP contribution in [0.25, 0.3) is 6.08 Å². The number of carbonyl (C=O) groups excluding carboxylic acids is 1. The Morgan fingerprint density at radius 1 is 0.939 bits per heavy atom. The molecule has 1 saturated heterocycles. The van der Waals surface area contributed by atoms with Crippen molar-refractivity contribution in [1.82, 2.24) is 14.8 Å². The van der Waals surface area contributed by atoms with Gasteiger partial charge in [0.05, 0.1) is 17.8 Å². The molecule has 2 fully saturated rings. The molecule has 1 saturated carbocycles. The van der Waals surface area contributed by atoms with E-state index in [0.29, 0.717) is 47.1 Å². The molecule has 49 heavy (non-hydrogen) atoms. The van der Waals surface area contributed by atoms with Crippen LogP contribution in [0.3, 0.4) is 0 Å². The topological polar surface area (TPSA) is 64.1 Å². The molecule has 0 bridgehead atoms. The monoisotopic (exact) mass is 721 g/mol. The van der Waals surface area contributed by atoms with E-state index in [4.69, 9.17) is 37.4 Å². The Labute approximate surface area is 305 Å². The number of hydrogen-bond donors (Lipinski definition) is 0. The number of hydrogen-bond acceptors (Lipinski definition) is 6. The zero-order chi connectivity index (χ0) is 33.3. The van der Waals surface area contributed by atoms with E-state index in [1.54, 1.807) is 36.5 Å². The van der Waals surface area contributed by atoms with Crippen LogP contribution in [0.2, 0.25) is 10.0 Å². The number of carbonyl (C=O) groups is 1. The summed E-state index contributed by atoms with van der Waals surface area (Å²) in [6.45, 7) is 7.93. The highest BCUT2D eigenvalue weighted by molar-refractivity contribution is 6.32. The number of aryl methyl sites for hydroxylation is 1. The minimum Gasteiger partial charge on any atom is -0.487 e. The van der Waals surface area contributed by atoms with Gasteiger partial charge in [-0.1, -0.05) is 65.7 Å². The zero-order valence-corrected chi connectivity index (χ0v) is 30.0. The van der Waals surface area contributed by atoms with Crippen molar-refractivity contribution in [2.75, 3.05) is 39.4 Å². The highest BCUT2D eigenvalue weighted by Gasteiger charge is 2.21. The van der Waals surface area contributed by atoms with Crippen molar-refractivity contribution in [3.05, 3.63) is 123 Å². The molecular formula is C39H42Cl3N3O4. The Morgan fingerprint density at radius 2 is 1.69 bits per heavy atom. The van der Waals surface area contributed by atoms with E-state index >= 15 is 0 Å². The predicted octanol–water partition coefficient (Wildman–Crippen LogP) is 8.82. The molecule has 0 unspecified atom stereocenters. The van der Waals surface area contributed by atoms with Gasteiger partial charge in [0.15, 0.2) is 5.75 Å². The van der Waals surface area contributed by atoms with Crippen molar-refractivity contribution in [1.29, 1.82) is 0 Å². The van der Waals surface area contributed by atoms with Gasteiger partial charge in [-0.25, -0.2) is 4.98 Å². The molecule has 10 heteroatoms. The summed E-state index contributed by atoms with van der Waals surface area (Å²) < 4.78 is 17.6. The molecular weight excluding hydrogens is 681 g/mol. The Hall–Kier alpha value is -3.59. The van der Waals surface area contributed by atoms with E-state index in [-0.39, 0.29) is 18.3 Å². The minimum absolute atomic E-state index is 0. The van der Waals surface area contributed by atoms with Crippen LogP contribution in [-0.4, -0.2) is 60.1 Å². The first-order valence-electron chi connectivity index (χ1n) is 16.5. The molecule has 2 aliphatic rings. The van der Waals surface area contributed by atoms with Gasteiger partial charge in [0.2, 0.25) is 11.8 Å². The first kappa shape index (κ1) is 36.7. The molecule has 1 amide bonds. The number of pyridine rings is 1. The van der Waals surface area contributed by atoms with Crippen molar-refractivity contribution in [2.45, 2.75) is 39.3 Å². The van der Waals surface area contributed by atoms with E-state index < -0.39 is 0 Å². The minimum atomic E-state index is -0.00180. The van der Waals surface area contributed by atoms with Crippen molar-refractivity contribution in [3.63, 3.8) is 0 Å². The van der Waals surface area contributed by atoms with Crippen LogP contribution < -0.4 is 9.47 Å². The van der Waals surface area contributed by atoms with Gasteiger partial charge in [0.1, 0.15) is 12.4 Å². The van der Waals surface area contributed by atoms with Crippen LogP contribution in [0.1, 0.15) is 40.7 Å². The fourth-order valence-corrected chi connectivity index (χ4v) is 6.07. The maximum absolute atomic E-state index is 13.0. The molecule has 7 nitrogen and oxygen atoms in total. The number of aromatic nitrogens is 1. The van der Waals surface area contributed by atoms with Crippen LogP contribution >= 0.6 is 35.6 Å². The van der Waals surface area contributed by atoms with Gasteiger partial charge in [0.25, 0.3) is 0 Å². The first-order chi connectivity index (χ1) is 23.4. The van der Waals surface area contributed by atoms with Crippen LogP contribution in [0.4, 0.5) is 0 Å². The third-order valence-electron chi connectivity index (χ3n) is 8.64. The van der Waals surface area contributed by atoms with Crippen molar-refractivity contribution < 1.29 is 19.0 Å². The van der Waals surface area contributed by atoms with Crippen LogP contribution in [0, 0.1) is 12.8 Å². The molecule has 3 aromatic carbocycles. The van der Waals surface area contributed by atoms with Gasteiger partial charge in [0, 0.05) is 62.1 Å². The average Bonchev–Trinajstić information content (AvgIpc) is 3.93. The molecule has 1 aliphatic carbocycles. The molecule has 4 aromatic rings. The van der Waals surface area contributed by atoms with Gasteiger partial charge >= 0.3 is 0 Å². The maximum Gasteiger partial charge on any atom is 0.246 e. The number of benzene rings is 3. The lowest BCUT2D eigenvalue weighted by molar-refractivity contribution is -0.127. The van der Waals surface area contributed by atoms with E-state index in [9.17, 15) is 4.79 Å². The van der Waals surface area contributed by atoms with E-state index in [1.807, 2.05) is 42.2 Å². The third-order valence-corrected chi connectivity index (χ3v) is 9.29. The molecule has 6 rings (SSSR count). The lowest BCUT2D eigenvalue weighted by atomic mass is 10.1. The van der Waals surface area contributed by atoms with Crippen molar-refractivity contribution in [3.8, 4) is 17.4 Å². The summed E-state index contributed by atoms with van der Waals surface area (Å²) in [6.07, 6.45) is 8.64. The number of halogens is 3. The number of amides is 1. The van der Waals surface area contributed by atoms with Gasteiger partial charge in [-0.3, -0.25) is 9.69 Å². The summed E-state index contributed by atoms with van der Waals surface area (Å²) in [5.74, 6) is 2.31. The summed E-state index contributed by atoms with van der Waals surface area (Å²) in [5, 5.41) is 1.09. The SMILES string of the molecule is Cc1cc(/C=C/C(=O)N2CCN(Cc3ccc(CCOCC4CC4)cc3)CC2)cc(Cl)c1Oc1ccc(OCc2ccccc2Cl)cn1.Cl. The second-order valence-corrected chi connectivity index (χ2v) is 13.3. The maximum atomic E-state index is 13.0. The van der Waals surface area contributed by atoms with Gasteiger partial charge in [-0.15, -0.1) is 12.4 Å². The molecule has 0 N–H and O–H groups in total. The molecule has 0 spiro atoms. The Morgan fingerprint density at radius 3 is 2.39 bits per heavy atom. The summed E-state index contributed by atoms with van der Waals surface area (Å²) in [6, 6.07) is 23.7. The highest BCUT2D eigenvalue weighted by Crippen LogP contribution is 2.34. The first-order valence-corrected chi connectivity index (χ1v) is 17.3. The highest BCUT2D eigenvalue weighted by atomic mass is 35.5. The number of rotatable bonds is 14. The van der Waals surface area contributed by atoms with E-state index in [1.165, 1.54) is 24.0 Å². The third kappa shape index (κ3) is 10.9. The summed E-state index contributed by atoms with van der Waals surface area (Å²) >= 11 is 12.8. The van der Waals surface area contributed by atoms with Gasteiger partial charge in [-0.2, -0.15) is 0 Å². The molecule has 0 atom stereocenters. The smallest absolute Gasteiger partial charge is 0.246 e. The predicted molar refractivity (Wildman–Crippen MR) is 198 cm³/mol. The van der Waals surface area contributed by atoms with Gasteiger partial charge in [-0.05, 0) is 84.7 Å². The normalized spacial score (nSPS) is 14.9. The molecule has 1 aliphatic heterocycles. The second-order valence-electron chi connectivity index (χ2n) is 12.5. The second kappa shape index (κ2) is 17.9. The molecule has 258 valence electrons. The largest absolute Gasteiger partial charge is 0.487 e. The van der Waals surface area contributed by atoms with Crippen molar-refractivity contribution in [2.24, 2.45) is 5.92 Å². The standard InChI is InChI=1S/C39H41Cl2N3O4.ClH/c1-28-22-32(23-36(41)39(28)48-37-14-13-34(24-42-37)47-27-33-4-2-3-5-35(33)40)12-15-38(45)44-19-17-43(18-20-44)25-30-8-6-29(7-9-30)16-21-46-26-31-10-11-31;/h2-9,12-15,22-24,31H,10-11,16-21,25-27H2,1H3;1H/b15-12+;. The number of ether oxygens (including phenoxy) is 3. The number of nitrogens with zero attached hydrogens (tertiary/aromatic N) is 3. The number of piperazine rings is 1. The fourth-order valence-electron chi connectivity index (χ4n) is 5.57. The van der Waals surface area contributed by atoms with Gasteiger partial charge < -0.3 is 19.1 Å². The molecule has 2 heterocycles. The lowest BCUT2D eigenvalue weighted by Crippen LogP contribution is -2.47. The van der Waals surface area contributed by atoms with Crippen LogP contribution in [0.5, 0.6) is 17.4 Å². The van der Waals surface area contributed by atoms with Crippen LogP contribution in [-0.2, 0) is 29.1 Å². The average molecular weight is 723 g/mol. The van der Waals surface area contributed by atoms with Crippen molar-refractivity contribution >= 4 is 47.6 Å². The Kier molecular flexibility index (Phi) is 13.4. The lowest BCUT2D eigenvalue weighted by Gasteiger charge is -2.34. The summed E-state index contributed by atoms with van der Waals surface area (Å²) in [5.41, 5.74) is 5.16. The van der Waals surface area contributed by atoms with Crippen LogP contribution in [0.15, 0.2) is 85.1 Å². The summed E-state index contributed by atoms with van der Waals surface area (Å²) in [4.78, 5) is 21.7. The molecule has 0 radical (unpaired) electrons. The summed E-state index contributed by atoms with van der Waals surface area (Å²) in [7, 11) is 0.